The van der Waals surface area contributed by atoms with Gasteiger partial charge in [-0.25, -0.2) is 0 Å². The van der Waals surface area contributed by atoms with E-state index in [1.807, 2.05) is 13.8 Å². The second-order valence-corrected chi connectivity index (χ2v) is 4.66. The number of hydrogen-bond donors (Lipinski definition) is 1. The van der Waals surface area contributed by atoms with Gasteiger partial charge >= 0.3 is 0 Å². The Balaban J connectivity index is 4.83. The average Bonchev–Trinajstić information content (AvgIpc) is 2.04. The Morgan fingerprint density at radius 2 is 1.50 bits per heavy atom. The van der Waals surface area contributed by atoms with Gasteiger partial charge in [-0.05, 0) is 41.5 Å². The predicted octanol–water partition coefficient (Wildman–Crippen LogP) is 1.65. The maximum atomic E-state index is 12.0. The molecule has 0 aliphatic heterocycles. The van der Waals surface area contributed by atoms with Crippen molar-refractivity contribution in [2.24, 2.45) is 5.41 Å². The first-order chi connectivity index (χ1) is 6.18. The maximum Gasteiger partial charge on any atom is 0.231 e. The molecule has 0 bridgehead atoms. The molecular formula is C11H23NO2. The fourth-order valence-corrected chi connectivity index (χ4v) is 1.17. The molecule has 0 rings (SSSR count). The van der Waals surface area contributed by atoms with E-state index in [1.54, 1.807) is 32.6 Å². The molecule has 1 N–H and O–H groups in total. The number of hydrogen-bond acceptors (Lipinski definition) is 2. The zero-order valence-electron chi connectivity index (χ0n) is 10.2. The van der Waals surface area contributed by atoms with E-state index in [0.717, 1.165) is 0 Å². The Labute approximate surface area is 87.1 Å². The van der Waals surface area contributed by atoms with E-state index >= 15 is 0 Å². The first-order valence-electron chi connectivity index (χ1n) is 5.20. The standard InChI is InChI=1S/C11H23NO2/c1-7-12(8-2)9(13)10(3,4)11(5,6)14/h14H,7-8H2,1-6H3. The number of amides is 1. The van der Waals surface area contributed by atoms with Crippen molar-refractivity contribution in [3.63, 3.8) is 0 Å². The first kappa shape index (κ1) is 13.4. The summed E-state index contributed by atoms with van der Waals surface area (Å²) in [6.07, 6.45) is 0. The van der Waals surface area contributed by atoms with Crippen LogP contribution in [0.25, 0.3) is 0 Å². The van der Waals surface area contributed by atoms with Crippen molar-refractivity contribution in [1.82, 2.24) is 4.90 Å². The molecule has 0 atom stereocenters. The largest absolute Gasteiger partial charge is 0.389 e. The van der Waals surface area contributed by atoms with Crippen LogP contribution in [0.5, 0.6) is 0 Å². The molecule has 1 amide bonds. The lowest BCUT2D eigenvalue weighted by atomic mass is 9.76. The molecule has 0 aliphatic carbocycles. The van der Waals surface area contributed by atoms with Crippen molar-refractivity contribution in [3.8, 4) is 0 Å². The Morgan fingerprint density at radius 1 is 1.14 bits per heavy atom. The Hall–Kier alpha value is -0.570. The van der Waals surface area contributed by atoms with E-state index in [-0.39, 0.29) is 5.91 Å². The van der Waals surface area contributed by atoms with E-state index in [4.69, 9.17) is 0 Å². The van der Waals surface area contributed by atoms with Crippen LogP contribution in [-0.4, -0.2) is 34.6 Å². The molecule has 0 saturated heterocycles. The van der Waals surface area contributed by atoms with Crippen LogP contribution in [0.3, 0.4) is 0 Å². The van der Waals surface area contributed by atoms with Crippen LogP contribution in [0.1, 0.15) is 41.5 Å². The molecule has 0 saturated carbocycles. The van der Waals surface area contributed by atoms with Crippen LogP contribution in [-0.2, 0) is 4.79 Å². The van der Waals surface area contributed by atoms with Gasteiger partial charge < -0.3 is 10.0 Å². The van der Waals surface area contributed by atoms with Crippen molar-refractivity contribution < 1.29 is 9.90 Å². The molecule has 84 valence electrons. The number of aliphatic hydroxyl groups is 1. The quantitative estimate of drug-likeness (QED) is 0.751. The number of rotatable bonds is 4. The van der Waals surface area contributed by atoms with E-state index in [9.17, 15) is 9.90 Å². The van der Waals surface area contributed by atoms with Crippen molar-refractivity contribution in [3.05, 3.63) is 0 Å². The molecular weight excluding hydrogens is 178 g/mol. The zero-order chi connectivity index (χ0) is 11.6. The lowest BCUT2D eigenvalue weighted by Crippen LogP contribution is -2.51. The van der Waals surface area contributed by atoms with Crippen molar-refractivity contribution in [2.75, 3.05) is 13.1 Å². The van der Waals surface area contributed by atoms with Gasteiger partial charge in [0.05, 0.1) is 11.0 Å². The third-order valence-corrected chi connectivity index (χ3v) is 3.11. The second kappa shape index (κ2) is 4.30. The minimum Gasteiger partial charge on any atom is -0.389 e. The lowest BCUT2D eigenvalue weighted by Gasteiger charge is -2.39. The molecule has 0 unspecified atom stereocenters. The van der Waals surface area contributed by atoms with Gasteiger partial charge in [-0.2, -0.15) is 0 Å². The molecule has 0 aliphatic rings. The normalized spacial score (nSPS) is 12.8. The zero-order valence-corrected chi connectivity index (χ0v) is 10.2. The lowest BCUT2D eigenvalue weighted by molar-refractivity contribution is -0.153. The highest BCUT2D eigenvalue weighted by molar-refractivity contribution is 5.83. The fraction of sp³-hybridized carbons (Fsp3) is 0.909. The average molecular weight is 201 g/mol. The van der Waals surface area contributed by atoms with E-state index < -0.39 is 11.0 Å². The summed E-state index contributed by atoms with van der Waals surface area (Å²) in [5.41, 5.74) is -1.73. The summed E-state index contributed by atoms with van der Waals surface area (Å²) in [5.74, 6) is 0.00926. The summed E-state index contributed by atoms with van der Waals surface area (Å²) >= 11 is 0. The molecule has 0 spiro atoms. The van der Waals surface area contributed by atoms with Gasteiger partial charge in [0.1, 0.15) is 0 Å². The highest BCUT2D eigenvalue weighted by Gasteiger charge is 2.43. The second-order valence-electron chi connectivity index (χ2n) is 4.66. The molecule has 0 heterocycles. The van der Waals surface area contributed by atoms with Crippen LogP contribution in [0.4, 0.5) is 0 Å². The summed E-state index contributed by atoms with van der Waals surface area (Å²) in [4.78, 5) is 13.8. The monoisotopic (exact) mass is 201 g/mol. The Bertz CT molecular complexity index is 200. The number of nitrogens with zero attached hydrogens (tertiary/aromatic N) is 1. The molecule has 3 heteroatoms. The van der Waals surface area contributed by atoms with Gasteiger partial charge in [-0.1, -0.05) is 0 Å². The highest BCUT2D eigenvalue weighted by atomic mass is 16.3. The molecule has 0 aromatic carbocycles. The van der Waals surface area contributed by atoms with Crippen molar-refractivity contribution in [2.45, 2.75) is 47.1 Å². The molecule has 14 heavy (non-hydrogen) atoms. The van der Waals surface area contributed by atoms with Crippen LogP contribution < -0.4 is 0 Å². The van der Waals surface area contributed by atoms with Crippen molar-refractivity contribution in [1.29, 1.82) is 0 Å². The number of carbonyl (C=O) groups excluding carboxylic acids is 1. The summed E-state index contributed by atoms with van der Waals surface area (Å²) in [6, 6.07) is 0. The molecule has 0 radical (unpaired) electrons. The van der Waals surface area contributed by atoms with Gasteiger partial charge in [0.2, 0.25) is 5.91 Å². The minimum absolute atomic E-state index is 0.00926. The van der Waals surface area contributed by atoms with Gasteiger partial charge in [0.25, 0.3) is 0 Å². The number of carbonyl (C=O) groups is 1. The summed E-state index contributed by atoms with van der Waals surface area (Å²) < 4.78 is 0. The van der Waals surface area contributed by atoms with Crippen molar-refractivity contribution >= 4 is 5.91 Å². The van der Waals surface area contributed by atoms with Gasteiger partial charge in [-0.3, -0.25) is 4.79 Å². The minimum atomic E-state index is -0.993. The summed E-state index contributed by atoms with van der Waals surface area (Å²) in [5, 5.41) is 9.91. The van der Waals surface area contributed by atoms with Crippen LogP contribution in [0, 0.1) is 5.41 Å². The van der Waals surface area contributed by atoms with Gasteiger partial charge in [0, 0.05) is 13.1 Å². The highest BCUT2D eigenvalue weighted by Crippen LogP contribution is 2.32. The Morgan fingerprint density at radius 3 is 1.71 bits per heavy atom. The molecule has 0 fully saturated rings. The summed E-state index contributed by atoms with van der Waals surface area (Å²) in [6.45, 7) is 12.2. The summed E-state index contributed by atoms with van der Waals surface area (Å²) in [7, 11) is 0. The van der Waals surface area contributed by atoms with Crippen LogP contribution in [0.15, 0.2) is 0 Å². The first-order valence-corrected chi connectivity index (χ1v) is 5.20. The van der Waals surface area contributed by atoms with Crippen LogP contribution >= 0.6 is 0 Å². The third-order valence-electron chi connectivity index (χ3n) is 3.11. The van der Waals surface area contributed by atoms with E-state index in [0.29, 0.717) is 13.1 Å². The third kappa shape index (κ3) is 2.47. The van der Waals surface area contributed by atoms with Crippen LogP contribution in [0.2, 0.25) is 0 Å². The predicted molar refractivity (Wildman–Crippen MR) is 58.0 cm³/mol. The van der Waals surface area contributed by atoms with Gasteiger partial charge in [0.15, 0.2) is 0 Å². The fourth-order valence-electron chi connectivity index (χ4n) is 1.17. The molecule has 0 aromatic heterocycles. The van der Waals surface area contributed by atoms with E-state index in [1.165, 1.54) is 0 Å². The SMILES string of the molecule is CCN(CC)C(=O)C(C)(C)C(C)(C)O. The Kier molecular flexibility index (Phi) is 4.13. The smallest absolute Gasteiger partial charge is 0.231 e. The molecule has 3 nitrogen and oxygen atoms in total. The van der Waals surface area contributed by atoms with E-state index in [2.05, 4.69) is 0 Å². The van der Waals surface area contributed by atoms with Gasteiger partial charge in [-0.15, -0.1) is 0 Å². The maximum absolute atomic E-state index is 12.0. The topological polar surface area (TPSA) is 40.5 Å². The molecule has 0 aromatic rings.